The highest BCUT2D eigenvalue weighted by Crippen LogP contribution is 2.15. The summed E-state index contributed by atoms with van der Waals surface area (Å²) in [6.45, 7) is 7.33. The van der Waals surface area contributed by atoms with Gasteiger partial charge in [-0.05, 0) is 49.5 Å². The van der Waals surface area contributed by atoms with Crippen LogP contribution in [0.25, 0.3) is 0 Å². The molecule has 1 aliphatic rings. The van der Waals surface area contributed by atoms with Crippen LogP contribution < -0.4 is 10.6 Å². The van der Waals surface area contributed by atoms with Crippen molar-refractivity contribution < 1.29 is 4.39 Å². The zero-order valence-corrected chi connectivity index (χ0v) is 13.6. The molecular weight excluding hydrogens is 279 g/mol. The van der Waals surface area contributed by atoms with Crippen LogP contribution in [0.3, 0.4) is 0 Å². The summed E-state index contributed by atoms with van der Waals surface area (Å²) < 4.78 is 12.9. The Labute approximate surface area is 132 Å². The van der Waals surface area contributed by atoms with Crippen molar-refractivity contribution in [1.82, 2.24) is 15.5 Å². The van der Waals surface area contributed by atoms with Gasteiger partial charge in [-0.15, -0.1) is 0 Å². The van der Waals surface area contributed by atoms with Crippen LogP contribution in [0, 0.1) is 11.7 Å². The number of guanidine groups is 1. The molecule has 1 aromatic carbocycles. The van der Waals surface area contributed by atoms with Gasteiger partial charge in [0.2, 0.25) is 0 Å². The first-order valence-corrected chi connectivity index (χ1v) is 8.12. The maximum atomic E-state index is 12.9. The molecule has 1 fully saturated rings. The Morgan fingerprint density at radius 2 is 2.09 bits per heavy atom. The summed E-state index contributed by atoms with van der Waals surface area (Å²) in [7, 11) is 1.78. The van der Waals surface area contributed by atoms with Crippen molar-refractivity contribution in [2.45, 2.75) is 26.3 Å². The maximum Gasteiger partial charge on any atom is 0.191 e. The molecule has 0 spiro atoms. The number of piperidine rings is 1. The van der Waals surface area contributed by atoms with Crippen LogP contribution >= 0.6 is 0 Å². The van der Waals surface area contributed by atoms with Gasteiger partial charge < -0.3 is 15.5 Å². The Bertz CT molecular complexity index is 472. The van der Waals surface area contributed by atoms with E-state index in [-0.39, 0.29) is 5.82 Å². The van der Waals surface area contributed by atoms with E-state index in [1.165, 1.54) is 38.1 Å². The highest BCUT2D eigenvalue weighted by Gasteiger charge is 2.18. The molecule has 2 rings (SSSR count). The Hall–Kier alpha value is -1.62. The summed E-state index contributed by atoms with van der Waals surface area (Å²) in [5.41, 5.74) is 1.04. The molecule has 4 nitrogen and oxygen atoms in total. The van der Waals surface area contributed by atoms with E-state index in [0.717, 1.165) is 24.6 Å². The first-order chi connectivity index (χ1) is 10.7. The third kappa shape index (κ3) is 5.30. The van der Waals surface area contributed by atoms with Crippen LogP contribution in [0.5, 0.6) is 0 Å². The van der Waals surface area contributed by atoms with Crippen LogP contribution in [0.4, 0.5) is 4.39 Å². The molecule has 0 bridgehead atoms. The lowest BCUT2D eigenvalue weighted by Gasteiger charge is -2.32. The van der Waals surface area contributed by atoms with Gasteiger partial charge in [0.15, 0.2) is 5.96 Å². The van der Waals surface area contributed by atoms with Gasteiger partial charge in [0.1, 0.15) is 5.82 Å². The third-order valence-corrected chi connectivity index (χ3v) is 4.21. The van der Waals surface area contributed by atoms with E-state index < -0.39 is 0 Å². The van der Waals surface area contributed by atoms with Gasteiger partial charge in [0.05, 0.1) is 0 Å². The monoisotopic (exact) mass is 306 g/mol. The number of likely N-dealkylation sites (tertiary alicyclic amines) is 1. The van der Waals surface area contributed by atoms with E-state index in [1.807, 2.05) is 0 Å². The second-order valence-corrected chi connectivity index (χ2v) is 5.83. The van der Waals surface area contributed by atoms with Crippen LogP contribution in [-0.4, -0.2) is 44.1 Å². The Balaban J connectivity index is 1.74. The normalized spacial score (nSPS) is 20.0. The third-order valence-electron chi connectivity index (χ3n) is 4.21. The van der Waals surface area contributed by atoms with Gasteiger partial charge in [0, 0.05) is 26.7 Å². The molecule has 122 valence electrons. The molecule has 0 radical (unpaired) electrons. The largest absolute Gasteiger partial charge is 0.356 e. The lowest BCUT2D eigenvalue weighted by atomic mass is 9.98. The SMILES string of the molecule is CCN1CCCC(CNC(=NC)NCc2ccc(F)cc2)C1. The molecule has 0 amide bonds. The summed E-state index contributed by atoms with van der Waals surface area (Å²) >= 11 is 0. The van der Waals surface area contributed by atoms with Gasteiger partial charge in [-0.3, -0.25) is 4.99 Å². The fourth-order valence-electron chi connectivity index (χ4n) is 2.85. The minimum Gasteiger partial charge on any atom is -0.356 e. The molecule has 0 saturated carbocycles. The zero-order valence-electron chi connectivity index (χ0n) is 13.6. The minimum atomic E-state index is -0.205. The first-order valence-electron chi connectivity index (χ1n) is 8.12. The molecule has 1 saturated heterocycles. The summed E-state index contributed by atoms with van der Waals surface area (Å²) in [4.78, 5) is 6.76. The second kappa shape index (κ2) is 8.73. The Kier molecular flexibility index (Phi) is 6.65. The topological polar surface area (TPSA) is 39.7 Å². The predicted molar refractivity (Wildman–Crippen MR) is 89.4 cm³/mol. The number of rotatable bonds is 5. The molecule has 2 N–H and O–H groups in total. The smallest absolute Gasteiger partial charge is 0.191 e. The Morgan fingerprint density at radius 1 is 1.32 bits per heavy atom. The van der Waals surface area contributed by atoms with Crippen molar-refractivity contribution in [3.05, 3.63) is 35.6 Å². The molecule has 1 atom stereocenters. The maximum absolute atomic E-state index is 12.9. The molecule has 22 heavy (non-hydrogen) atoms. The number of nitrogens with one attached hydrogen (secondary N) is 2. The lowest BCUT2D eigenvalue weighted by Crippen LogP contribution is -2.44. The molecular formula is C17H27FN4. The predicted octanol–water partition coefficient (Wildman–Crippen LogP) is 2.22. The van der Waals surface area contributed by atoms with E-state index in [0.29, 0.717) is 12.5 Å². The van der Waals surface area contributed by atoms with Gasteiger partial charge in [0.25, 0.3) is 0 Å². The van der Waals surface area contributed by atoms with Crippen LogP contribution in [0.2, 0.25) is 0 Å². The van der Waals surface area contributed by atoms with Gasteiger partial charge in [-0.2, -0.15) is 0 Å². The molecule has 0 aromatic heterocycles. The number of hydrogen-bond donors (Lipinski definition) is 2. The number of benzene rings is 1. The minimum absolute atomic E-state index is 0.205. The van der Waals surface area contributed by atoms with Crippen LogP contribution in [-0.2, 0) is 6.54 Å². The van der Waals surface area contributed by atoms with Crippen molar-refractivity contribution in [3.8, 4) is 0 Å². The average molecular weight is 306 g/mol. The molecule has 0 aliphatic carbocycles. The number of hydrogen-bond acceptors (Lipinski definition) is 2. The van der Waals surface area contributed by atoms with E-state index in [9.17, 15) is 4.39 Å². The van der Waals surface area contributed by atoms with Gasteiger partial charge in [-0.25, -0.2) is 4.39 Å². The number of halogens is 1. The number of nitrogens with zero attached hydrogens (tertiary/aromatic N) is 2. The average Bonchev–Trinajstić information content (AvgIpc) is 2.57. The van der Waals surface area contributed by atoms with Gasteiger partial charge in [-0.1, -0.05) is 19.1 Å². The fourth-order valence-corrected chi connectivity index (χ4v) is 2.85. The van der Waals surface area contributed by atoms with Crippen molar-refractivity contribution in [3.63, 3.8) is 0 Å². The zero-order chi connectivity index (χ0) is 15.8. The van der Waals surface area contributed by atoms with E-state index in [1.54, 1.807) is 19.2 Å². The van der Waals surface area contributed by atoms with E-state index >= 15 is 0 Å². The molecule has 5 heteroatoms. The Morgan fingerprint density at radius 3 is 2.77 bits per heavy atom. The summed E-state index contributed by atoms with van der Waals surface area (Å²) in [6, 6.07) is 6.54. The molecule has 1 aliphatic heterocycles. The summed E-state index contributed by atoms with van der Waals surface area (Å²) in [5, 5.41) is 6.68. The molecule has 1 unspecified atom stereocenters. The van der Waals surface area contributed by atoms with Crippen LogP contribution in [0.1, 0.15) is 25.3 Å². The summed E-state index contributed by atoms with van der Waals surface area (Å²) in [5.74, 6) is 1.28. The standard InChI is InChI=1S/C17H27FN4/c1-3-22-10-4-5-15(13-22)12-21-17(19-2)20-11-14-6-8-16(18)9-7-14/h6-9,15H,3-5,10-13H2,1-2H3,(H2,19,20,21). The van der Waals surface area contributed by atoms with Crippen LogP contribution in [0.15, 0.2) is 29.3 Å². The lowest BCUT2D eigenvalue weighted by molar-refractivity contribution is 0.183. The second-order valence-electron chi connectivity index (χ2n) is 5.83. The molecule has 1 heterocycles. The quantitative estimate of drug-likeness (QED) is 0.647. The van der Waals surface area contributed by atoms with Crippen molar-refractivity contribution in [1.29, 1.82) is 0 Å². The van der Waals surface area contributed by atoms with Gasteiger partial charge >= 0.3 is 0 Å². The van der Waals surface area contributed by atoms with Crippen molar-refractivity contribution in [2.75, 3.05) is 33.2 Å². The highest BCUT2D eigenvalue weighted by atomic mass is 19.1. The van der Waals surface area contributed by atoms with E-state index in [2.05, 4.69) is 27.4 Å². The number of aliphatic imine (C=N–C) groups is 1. The summed E-state index contributed by atoms with van der Waals surface area (Å²) in [6.07, 6.45) is 2.56. The van der Waals surface area contributed by atoms with E-state index in [4.69, 9.17) is 0 Å². The first kappa shape index (κ1) is 16.7. The highest BCUT2D eigenvalue weighted by molar-refractivity contribution is 5.79. The van der Waals surface area contributed by atoms with Crippen molar-refractivity contribution >= 4 is 5.96 Å². The molecule has 1 aromatic rings. The fraction of sp³-hybridized carbons (Fsp3) is 0.588. The van der Waals surface area contributed by atoms with Crippen molar-refractivity contribution in [2.24, 2.45) is 10.9 Å².